The number of aromatic nitrogens is 2. The van der Waals surface area contributed by atoms with Gasteiger partial charge >= 0.3 is 5.97 Å². The van der Waals surface area contributed by atoms with E-state index < -0.39 is 5.25 Å². The van der Waals surface area contributed by atoms with Gasteiger partial charge in [-0.3, -0.25) is 14.2 Å². The van der Waals surface area contributed by atoms with Gasteiger partial charge in [-0.1, -0.05) is 50.7 Å². The fourth-order valence-electron chi connectivity index (χ4n) is 3.98. The number of hydrogen-bond donors (Lipinski definition) is 0. The first-order chi connectivity index (χ1) is 15.0. The van der Waals surface area contributed by atoms with E-state index in [4.69, 9.17) is 9.72 Å². The van der Waals surface area contributed by atoms with Gasteiger partial charge in [-0.25, -0.2) is 4.98 Å². The fourth-order valence-corrected chi connectivity index (χ4v) is 6.43. The predicted octanol–water partition coefficient (Wildman–Crippen LogP) is 5.40. The van der Waals surface area contributed by atoms with Crippen LogP contribution in [0.15, 0.2) is 40.3 Å². The van der Waals surface area contributed by atoms with Gasteiger partial charge in [0.25, 0.3) is 5.56 Å². The molecule has 0 N–H and O–H groups in total. The summed E-state index contributed by atoms with van der Waals surface area (Å²) < 4.78 is 7.06. The Bertz CT molecular complexity index is 1140. The van der Waals surface area contributed by atoms with Crippen LogP contribution in [0.2, 0.25) is 0 Å². The molecule has 0 radical (unpaired) electrons. The number of thiophene rings is 1. The number of hydrogen-bond acceptors (Lipinski definition) is 6. The Morgan fingerprint density at radius 2 is 2.10 bits per heavy atom. The van der Waals surface area contributed by atoms with E-state index in [0.717, 1.165) is 41.6 Å². The summed E-state index contributed by atoms with van der Waals surface area (Å²) in [6.07, 6.45) is 4.42. The van der Waals surface area contributed by atoms with Crippen LogP contribution in [0.4, 0.5) is 0 Å². The van der Waals surface area contributed by atoms with E-state index in [-0.39, 0.29) is 11.5 Å². The van der Waals surface area contributed by atoms with Gasteiger partial charge < -0.3 is 4.74 Å². The third-order valence-electron chi connectivity index (χ3n) is 5.64. The standard InChI is InChI=1S/C24H28N2O3S2/c1-4-13-29-23(28)18(5-2)31-24-25-21-20(17-12-11-15(3)14-19(17)30-21)22(27)26(24)16-9-7-6-8-10-16/h6-10,15,18H,4-5,11-14H2,1-3H3. The first kappa shape index (κ1) is 22.1. The number of nitrogens with zero attached hydrogens (tertiary/aromatic N) is 2. The van der Waals surface area contributed by atoms with Crippen molar-refractivity contribution in [2.24, 2.45) is 5.92 Å². The van der Waals surface area contributed by atoms with E-state index in [1.54, 1.807) is 15.9 Å². The average molecular weight is 457 g/mol. The minimum Gasteiger partial charge on any atom is -0.465 e. The zero-order valence-corrected chi connectivity index (χ0v) is 19.9. The van der Waals surface area contributed by atoms with Crippen LogP contribution in [0.25, 0.3) is 15.9 Å². The van der Waals surface area contributed by atoms with E-state index in [1.165, 1.54) is 22.2 Å². The highest BCUT2D eigenvalue weighted by Gasteiger charge is 2.27. The Balaban J connectivity index is 1.85. The van der Waals surface area contributed by atoms with Crippen LogP contribution in [0, 0.1) is 5.92 Å². The number of benzene rings is 1. The number of aryl methyl sites for hydroxylation is 1. The average Bonchev–Trinajstić information content (AvgIpc) is 3.13. The van der Waals surface area contributed by atoms with Gasteiger partial charge in [0.15, 0.2) is 5.16 Å². The Labute approximate surface area is 190 Å². The quantitative estimate of drug-likeness (QED) is 0.271. The summed E-state index contributed by atoms with van der Waals surface area (Å²) in [5.74, 6) is 0.381. The molecule has 31 heavy (non-hydrogen) atoms. The van der Waals surface area contributed by atoms with E-state index >= 15 is 0 Å². The number of esters is 1. The number of ether oxygens (including phenoxy) is 1. The lowest BCUT2D eigenvalue weighted by Crippen LogP contribution is -2.25. The zero-order valence-electron chi connectivity index (χ0n) is 18.2. The summed E-state index contributed by atoms with van der Waals surface area (Å²) in [6, 6.07) is 9.58. The summed E-state index contributed by atoms with van der Waals surface area (Å²) in [7, 11) is 0. The van der Waals surface area contributed by atoms with Gasteiger partial charge in [0.05, 0.1) is 17.7 Å². The van der Waals surface area contributed by atoms with Crippen molar-refractivity contribution >= 4 is 39.3 Å². The number of rotatable bonds is 7. The van der Waals surface area contributed by atoms with Gasteiger partial charge in [-0.05, 0) is 55.7 Å². The van der Waals surface area contributed by atoms with Gasteiger partial charge in [0, 0.05) is 4.88 Å². The number of thioether (sulfide) groups is 1. The predicted molar refractivity (Wildman–Crippen MR) is 128 cm³/mol. The highest BCUT2D eigenvalue weighted by molar-refractivity contribution is 8.00. The lowest BCUT2D eigenvalue weighted by molar-refractivity contribution is -0.143. The minimum absolute atomic E-state index is 0.0393. The topological polar surface area (TPSA) is 61.2 Å². The van der Waals surface area contributed by atoms with Crippen LogP contribution >= 0.6 is 23.1 Å². The molecule has 1 aliphatic carbocycles. The molecular weight excluding hydrogens is 428 g/mol. The maximum atomic E-state index is 13.8. The molecule has 2 aromatic heterocycles. The molecule has 2 unspecified atom stereocenters. The van der Waals surface area contributed by atoms with Crippen LogP contribution in [0.1, 0.15) is 50.5 Å². The van der Waals surface area contributed by atoms with Crippen molar-refractivity contribution in [3.8, 4) is 5.69 Å². The molecule has 0 saturated heterocycles. The SMILES string of the molecule is CCCOC(=O)C(CC)Sc1nc2sc3c(c2c(=O)n1-c1ccccc1)CCC(C)C3. The maximum absolute atomic E-state index is 13.8. The minimum atomic E-state index is -0.402. The van der Waals surface area contributed by atoms with Crippen LogP contribution < -0.4 is 5.56 Å². The molecular formula is C24H28N2O3S2. The largest absolute Gasteiger partial charge is 0.465 e. The number of carbonyl (C=O) groups is 1. The molecule has 2 heterocycles. The second-order valence-electron chi connectivity index (χ2n) is 8.08. The molecule has 0 fully saturated rings. The third kappa shape index (κ3) is 4.44. The van der Waals surface area contributed by atoms with Crippen LogP contribution in [-0.4, -0.2) is 27.4 Å². The molecule has 3 aromatic rings. The Hall–Kier alpha value is -2.12. The lowest BCUT2D eigenvalue weighted by atomic mass is 9.89. The summed E-state index contributed by atoms with van der Waals surface area (Å²) in [6.45, 7) is 6.60. The summed E-state index contributed by atoms with van der Waals surface area (Å²) >= 11 is 2.97. The Kier molecular flexibility index (Phi) is 6.82. The van der Waals surface area contributed by atoms with Gasteiger partial charge in [0.2, 0.25) is 0 Å². The van der Waals surface area contributed by atoms with Crippen molar-refractivity contribution < 1.29 is 9.53 Å². The maximum Gasteiger partial charge on any atom is 0.319 e. The monoisotopic (exact) mass is 456 g/mol. The molecule has 1 aromatic carbocycles. The molecule has 5 nitrogen and oxygen atoms in total. The molecule has 0 amide bonds. The van der Waals surface area contributed by atoms with Gasteiger partial charge in [-0.2, -0.15) is 0 Å². The van der Waals surface area contributed by atoms with E-state index in [9.17, 15) is 9.59 Å². The smallest absolute Gasteiger partial charge is 0.319 e. The first-order valence-electron chi connectivity index (χ1n) is 11.0. The highest BCUT2D eigenvalue weighted by atomic mass is 32.2. The van der Waals surface area contributed by atoms with Crippen LogP contribution in [-0.2, 0) is 22.4 Å². The highest BCUT2D eigenvalue weighted by Crippen LogP contribution is 2.37. The van der Waals surface area contributed by atoms with Crippen molar-refractivity contribution in [3.05, 3.63) is 51.1 Å². The Morgan fingerprint density at radius 3 is 2.81 bits per heavy atom. The molecule has 164 valence electrons. The van der Waals surface area contributed by atoms with E-state index in [1.807, 2.05) is 44.2 Å². The first-order valence-corrected chi connectivity index (χ1v) is 12.7. The normalized spacial score (nSPS) is 16.8. The molecule has 1 aliphatic rings. The number of carbonyl (C=O) groups excluding carboxylic acids is 1. The van der Waals surface area contributed by atoms with E-state index in [0.29, 0.717) is 24.1 Å². The van der Waals surface area contributed by atoms with Crippen LogP contribution in [0.3, 0.4) is 0 Å². The second-order valence-corrected chi connectivity index (χ2v) is 10.3. The summed E-state index contributed by atoms with van der Waals surface area (Å²) in [5, 5.41) is 0.901. The van der Waals surface area contributed by atoms with Crippen molar-refractivity contribution in [2.45, 2.75) is 63.3 Å². The molecule has 0 spiro atoms. The van der Waals surface area contributed by atoms with Crippen molar-refractivity contribution in [2.75, 3.05) is 6.61 Å². The van der Waals surface area contributed by atoms with Crippen LogP contribution in [0.5, 0.6) is 0 Å². The fraction of sp³-hybridized carbons (Fsp3) is 0.458. The van der Waals surface area contributed by atoms with Gasteiger partial charge in [0.1, 0.15) is 10.1 Å². The van der Waals surface area contributed by atoms with Crippen molar-refractivity contribution in [1.29, 1.82) is 0 Å². The lowest BCUT2D eigenvalue weighted by Gasteiger charge is -2.18. The van der Waals surface area contributed by atoms with Crippen molar-refractivity contribution in [1.82, 2.24) is 9.55 Å². The van der Waals surface area contributed by atoms with E-state index in [2.05, 4.69) is 6.92 Å². The molecule has 0 aliphatic heterocycles. The molecule has 0 bridgehead atoms. The third-order valence-corrected chi connectivity index (χ3v) is 8.09. The molecule has 4 rings (SSSR count). The molecule has 0 saturated carbocycles. The zero-order chi connectivity index (χ0) is 22.0. The number of para-hydroxylation sites is 1. The van der Waals surface area contributed by atoms with Crippen molar-refractivity contribution in [3.63, 3.8) is 0 Å². The summed E-state index contributed by atoms with van der Waals surface area (Å²) in [4.78, 5) is 33.4. The number of fused-ring (bicyclic) bond motifs is 3. The Morgan fingerprint density at radius 1 is 1.32 bits per heavy atom. The summed E-state index contributed by atoms with van der Waals surface area (Å²) in [5.41, 5.74) is 1.90. The second kappa shape index (κ2) is 9.57. The molecule has 2 atom stereocenters. The van der Waals surface area contributed by atoms with Gasteiger partial charge in [-0.15, -0.1) is 11.3 Å². The molecule has 7 heteroatoms.